The van der Waals surface area contributed by atoms with Gasteiger partial charge in [-0.05, 0) is 43.0 Å². The van der Waals surface area contributed by atoms with Crippen molar-refractivity contribution in [1.29, 1.82) is 0 Å². The molecule has 1 atom stereocenters. The summed E-state index contributed by atoms with van der Waals surface area (Å²) in [5, 5.41) is 3.99. The van der Waals surface area contributed by atoms with E-state index in [9.17, 15) is 8.42 Å². The fourth-order valence-electron chi connectivity index (χ4n) is 2.20. The molecule has 0 saturated carbocycles. The van der Waals surface area contributed by atoms with Crippen LogP contribution in [-0.4, -0.2) is 33.0 Å². The lowest BCUT2D eigenvalue weighted by atomic mass is 9.96. The minimum absolute atomic E-state index is 0.181. The SMILES string of the molecule is CCCS(=O)(=O)CCC(CNCC)c1cccc(Cl)c1. The Morgan fingerprint density at radius 2 is 2.00 bits per heavy atom. The minimum atomic E-state index is -2.93. The molecule has 0 spiro atoms. The van der Waals surface area contributed by atoms with Crippen LogP contribution in [0.4, 0.5) is 0 Å². The molecular weight excluding hydrogens is 294 g/mol. The Morgan fingerprint density at radius 1 is 1.25 bits per heavy atom. The van der Waals surface area contributed by atoms with Crippen molar-refractivity contribution in [2.24, 2.45) is 0 Å². The van der Waals surface area contributed by atoms with Crippen LogP contribution in [0.3, 0.4) is 0 Å². The van der Waals surface area contributed by atoms with Crippen LogP contribution in [0.1, 0.15) is 38.2 Å². The Kier molecular flexibility index (Phi) is 7.56. The number of sulfone groups is 1. The largest absolute Gasteiger partial charge is 0.316 e. The highest BCUT2D eigenvalue weighted by atomic mass is 35.5. The lowest BCUT2D eigenvalue weighted by Gasteiger charge is -2.18. The molecule has 0 radical (unpaired) electrons. The molecule has 1 unspecified atom stereocenters. The molecule has 114 valence electrons. The maximum Gasteiger partial charge on any atom is 0.150 e. The van der Waals surface area contributed by atoms with Crippen molar-refractivity contribution in [3.8, 4) is 0 Å². The summed E-state index contributed by atoms with van der Waals surface area (Å²) in [6, 6.07) is 7.69. The third-order valence-corrected chi connectivity index (χ3v) is 5.38. The first-order valence-corrected chi connectivity index (χ1v) is 9.35. The summed E-state index contributed by atoms with van der Waals surface area (Å²) in [7, 11) is -2.93. The van der Waals surface area contributed by atoms with E-state index in [0.717, 1.165) is 18.7 Å². The Hall–Kier alpha value is -0.580. The molecule has 0 aliphatic heterocycles. The second-order valence-corrected chi connectivity index (χ2v) is 7.74. The number of rotatable bonds is 9. The molecule has 0 saturated heterocycles. The van der Waals surface area contributed by atoms with Crippen LogP contribution in [0.5, 0.6) is 0 Å². The molecule has 0 fully saturated rings. The van der Waals surface area contributed by atoms with E-state index >= 15 is 0 Å². The maximum atomic E-state index is 11.9. The van der Waals surface area contributed by atoms with Crippen molar-refractivity contribution in [2.75, 3.05) is 24.6 Å². The van der Waals surface area contributed by atoms with Gasteiger partial charge in [-0.2, -0.15) is 0 Å². The number of halogens is 1. The Balaban J connectivity index is 2.75. The van der Waals surface area contributed by atoms with Crippen molar-refractivity contribution in [2.45, 2.75) is 32.6 Å². The first kappa shape index (κ1) is 17.5. The third kappa shape index (κ3) is 6.25. The van der Waals surface area contributed by atoms with Gasteiger partial charge in [0.05, 0.1) is 5.75 Å². The quantitative estimate of drug-likeness (QED) is 0.760. The van der Waals surface area contributed by atoms with E-state index in [0.29, 0.717) is 17.9 Å². The van der Waals surface area contributed by atoms with Gasteiger partial charge in [0, 0.05) is 17.3 Å². The van der Waals surface area contributed by atoms with Gasteiger partial charge in [0.25, 0.3) is 0 Å². The zero-order valence-corrected chi connectivity index (χ0v) is 13.8. The van der Waals surface area contributed by atoms with Gasteiger partial charge in [-0.3, -0.25) is 0 Å². The van der Waals surface area contributed by atoms with Gasteiger partial charge in [0.2, 0.25) is 0 Å². The van der Waals surface area contributed by atoms with Crippen LogP contribution in [0.25, 0.3) is 0 Å². The van der Waals surface area contributed by atoms with Gasteiger partial charge in [0.15, 0.2) is 0 Å². The summed E-state index contributed by atoms with van der Waals surface area (Å²) in [5.41, 5.74) is 1.10. The lowest BCUT2D eigenvalue weighted by Crippen LogP contribution is -2.23. The molecule has 0 aliphatic carbocycles. The van der Waals surface area contributed by atoms with E-state index in [2.05, 4.69) is 5.32 Å². The summed E-state index contributed by atoms with van der Waals surface area (Å²) in [5.74, 6) is 0.695. The fraction of sp³-hybridized carbons (Fsp3) is 0.600. The van der Waals surface area contributed by atoms with Gasteiger partial charge in [-0.25, -0.2) is 8.42 Å². The van der Waals surface area contributed by atoms with Gasteiger partial charge in [-0.15, -0.1) is 0 Å². The summed E-state index contributed by atoms with van der Waals surface area (Å²) < 4.78 is 23.7. The van der Waals surface area contributed by atoms with Gasteiger partial charge < -0.3 is 5.32 Å². The average Bonchev–Trinajstić information content (AvgIpc) is 2.38. The third-order valence-electron chi connectivity index (χ3n) is 3.25. The fourth-order valence-corrected chi connectivity index (χ4v) is 3.87. The Bertz CT molecular complexity index is 502. The zero-order valence-electron chi connectivity index (χ0n) is 12.2. The molecule has 20 heavy (non-hydrogen) atoms. The van der Waals surface area contributed by atoms with E-state index < -0.39 is 9.84 Å². The predicted octanol–water partition coefficient (Wildman–Crippen LogP) is 3.25. The molecule has 0 aliphatic rings. The molecule has 3 nitrogen and oxygen atoms in total. The highest BCUT2D eigenvalue weighted by Gasteiger charge is 2.16. The second kappa shape index (κ2) is 8.65. The number of likely N-dealkylation sites (N-methyl/N-ethyl adjacent to an activating group) is 1. The van der Waals surface area contributed by atoms with Crippen LogP contribution in [0.15, 0.2) is 24.3 Å². The van der Waals surface area contributed by atoms with E-state index in [4.69, 9.17) is 11.6 Å². The van der Waals surface area contributed by atoms with Crippen molar-refractivity contribution >= 4 is 21.4 Å². The van der Waals surface area contributed by atoms with Crippen LogP contribution in [-0.2, 0) is 9.84 Å². The Labute approximate surface area is 127 Å². The molecule has 0 amide bonds. The van der Waals surface area contributed by atoms with Crippen LogP contribution >= 0.6 is 11.6 Å². The minimum Gasteiger partial charge on any atom is -0.316 e. The van der Waals surface area contributed by atoms with E-state index in [1.165, 1.54) is 0 Å². The topological polar surface area (TPSA) is 46.2 Å². The van der Waals surface area contributed by atoms with Crippen molar-refractivity contribution in [1.82, 2.24) is 5.32 Å². The number of benzene rings is 1. The summed E-state index contributed by atoms with van der Waals surface area (Å²) in [6.07, 6.45) is 1.31. The van der Waals surface area contributed by atoms with Crippen molar-refractivity contribution in [3.63, 3.8) is 0 Å². The number of hydrogen-bond acceptors (Lipinski definition) is 3. The highest BCUT2D eigenvalue weighted by Crippen LogP contribution is 2.23. The first-order chi connectivity index (χ1) is 9.48. The van der Waals surface area contributed by atoms with E-state index in [-0.39, 0.29) is 17.4 Å². The molecular formula is C15H24ClNO2S. The summed E-state index contributed by atoms with van der Waals surface area (Å²) >= 11 is 6.02. The second-order valence-electron chi connectivity index (χ2n) is 5.00. The van der Waals surface area contributed by atoms with Crippen LogP contribution < -0.4 is 5.32 Å². The molecule has 1 N–H and O–H groups in total. The number of hydrogen-bond donors (Lipinski definition) is 1. The summed E-state index contributed by atoms with van der Waals surface area (Å²) in [4.78, 5) is 0. The summed E-state index contributed by atoms with van der Waals surface area (Å²) in [6.45, 7) is 5.59. The lowest BCUT2D eigenvalue weighted by molar-refractivity contribution is 0.563. The monoisotopic (exact) mass is 317 g/mol. The van der Waals surface area contributed by atoms with E-state index in [1.807, 2.05) is 38.1 Å². The first-order valence-electron chi connectivity index (χ1n) is 7.15. The smallest absolute Gasteiger partial charge is 0.150 e. The molecule has 1 aromatic rings. The molecule has 5 heteroatoms. The highest BCUT2D eigenvalue weighted by molar-refractivity contribution is 7.91. The molecule has 1 rings (SSSR count). The molecule has 0 bridgehead atoms. The number of nitrogens with one attached hydrogen (secondary N) is 1. The van der Waals surface area contributed by atoms with Crippen molar-refractivity contribution in [3.05, 3.63) is 34.9 Å². The normalized spacial score (nSPS) is 13.3. The van der Waals surface area contributed by atoms with Crippen molar-refractivity contribution < 1.29 is 8.42 Å². The van der Waals surface area contributed by atoms with Gasteiger partial charge in [-0.1, -0.05) is 37.6 Å². The Morgan fingerprint density at radius 3 is 2.60 bits per heavy atom. The van der Waals surface area contributed by atoms with Crippen LogP contribution in [0, 0.1) is 0 Å². The molecule has 0 aromatic heterocycles. The molecule has 1 aromatic carbocycles. The standard InChI is InChI=1S/C15H24ClNO2S/c1-3-9-20(18,19)10-8-14(12-17-4-2)13-6-5-7-15(16)11-13/h5-7,11,14,17H,3-4,8-10,12H2,1-2H3. The van der Waals surface area contributed by atoms with E-state index in [1.54, 1.807) is 0 Å². The average molecular weight is 318 g/mol. The van der Waals surface area contributed by atoms with Gasteiger partial charge in [0.1, 0.15) is 9.84 Å². The molecule has 0 heterocycles. The predicted molar refractivity (Wildman–Crippen MR) is 86.3 cm³/mol. The van der Waals surface area contributed by atoms with Crippen LogP contribution in [0.2, 0.25) is 5.02 Å². The maximum absolute atomic E-state index is 11.9. The zero-order chi connectivity index (χ0) is 15.0. The van der Waals surface area contributed by atoms with Gasteiger partial charge >= 0.3 is 0 Å².